The predicted octanol–water partition coefficient (Wildman–Crippen LogP) is -0.440. The monoisotopic (exact) mass is 421 g/mol. The molecule has 2 heterocycles. The van der Waals surface area contributed by atoms with E-state index in [9.17, 15) is 34.2 Å². The number of thioether (sulfide) groups is 1. The average molecular weight is 421 g/mol. The molecule has 154 valence electrons. The SMILES string of the molecule is CC1(C)S[C@H]2N(C(=O)[C@@]2(NC=O)NC(=O)C(C(=O)O)c2ccccc2)[C@H]1C(=O)O. The van der Waals surface area contributed by atoms with Gasteiger partial charge in [0.05, 0.1) is 0 Å². The summed E-state index contributed by atoms with van der Waals surface area (Å²) in [6.45, 7) is 3.28. The van der Waals surface area contributed by atoms with E-state index in [0.717, 1.165) is 16.7 Å². The highest BCUT2D eigenvalue weighted by atomic mass is 32.2. The number of carboxylic acid groups (broad SMARTS) is 2. The number of carboxylic acids is 2. The number of rotatable bonds is 7. The summed E-state index contributed by atoms with van der Waals surface area (Å²) in [4.78, 5) is 61.4. The maximum Gasteiger partial charge on any atom is 0.327 e. The van der Waals surface area contributed by atoms with Crippen molar-refractivity contribution in [3.63, 3.8) is 0 Å². The molecule has 1 unspecified atom stereocenters. The fraction of sp³-hybridized carbons (Fsp3) is 0.389. The molecule has 4 atom stereocenters. The van der Waals surface area contributed by atoms with Gasteiger partial charge in [-0.1, -0.05) is 30.3 Å². The second-order valence-electron chi connectivity index (χ2n) is 7.27. The summed E-state index contributed by atoms with van der Waals surface area (Å²) in [6.07, 6.45) is 0.218. The smallest absolute Gasteiger partial charge is 0.327 e. The van der Waals surface area contributed by atoms with Crippen molar-refractivity contribution in [2.45, 2.75) is 41.6 Å². The summed E-state index contributed by atoms with van der Waals surface area (Å²) in [5.41, 5.74) is -1.72. The number of hydrogen-bond donors (Lipinski definition) is 4. The molecule has 29 heavy (non-hydrogen) atoms. The van der Waals surface area contributed by atoms with E-state index in [0.29, 0.717) is 0 Å². The second-order valence-corrected chi connectivity index (χ2v) is 9.00. The third kappa shape index (κ3) is 3.11. The van der Waals surface area contributed by atoms with Gasteiger partial charge in [0.1, 0.15) is 11.4 Å². The number of benzene rings is 1. The number of nitrogens with one attached hydrogen (secondary N) is 2. The number of carbonyl (C=O) groups is 5. The van der Waals surface area contributed by atoms with Crippen LogP contribution in [-0.4, -0.2) is 67.1 Å². The Morgan fingerprint density at radius 2 is 1.83 bits per heavy atom. The standard InChI is InChI=1S/C18H19N3O7S/c1-17(2)11(14(26)27)21-15(28)18(19-8-22,16(21)29-17)20-12(23)10(13(24)25)9-6-4-3-5-7-9/h3-8,10-11,16H,1-2H3,(H,19,22)(H,20,23)(H,24,25)(H,26,27)/t10?,11-,16+,18+/m0/s1. The quantitative estimate of drug-likeness (QED) is 0.200. The maximum absolute atomic E-state index is 12.9. The van der Waals surface area contributed by atoms with E-state index in [-0.39, 0.29) is 12.0 Å². The van der Waals surface area contributed by atoms with Crippen LogP contribution in [-0.2, 0) is 24.0 Å². The average Bonchev–Trinajstić information content (AvgIpc) is 2.91. The van der Waals surface area contributed by atoms with Crippen molar-refractivity contribution >= 4 is 41.9 Å². The van der Waals surface area contributed by atoms with Crippen molar-refractivity contribution in [1.82, 2.24) is 15.5 Å². The Morgan fingerprint density at radius 3 is 2.34 bits per heavy atom. The van der Waals surface area contributed by atoms with E-state index in [4.69, 9.17) is 0 Å². The number of hydrogen-bond acceptors (Lipinski definition) is 6. The number of amides is 3. The van der Waals surface area contributed by atoms with Crippen LogP contribution in [0.4, 0.5) is 0 Å². The zero-order chi connectivity index (χ0) is 21.6. The molecule has 0 aromatic heterocycles. The molecule has 4 N–H and O–H groups in total. The fourth-order valence-electron chi connectivity index (χ4n) is 3.75. The first-order valence-corrected chi connectivity index (χ1v) is 9.49. The summed E-state index contributed by atoms with van der Waals surface area (Å²) < 4.78 is -0.894. The lowest BCUT2D eigenvalue weighted by atomic mass is 9.90. The fourth-order valence-corrected chi connectivity index (χ4v) is 5.41. The van der Waals surface area contributed by atoms with Gasteiger partial charge in [0.2, 0.25) is 18.0 Å². The van der Waals surface area contributed by atoms with Crippen LogP contribution in [0.1, 0.15) is 25.3 Å². The molecule has 0 aliphatic carbocycles. The number of β-lactam (4-membered cyclic amide) rings is 1. The molecule has 3 rings (SSSR count). The minimum absolute atomic E-state index is 0.199. The highest BCUT2D eigenvalue weighted by Gasteiger charge is 2.72. The molecular weight excluding hydrogens is 402 g/mol. The Kier molecular flexibility index (Phi) is 5.03. The molecule has 0 spiro atoms. The van der Waals surface area contributed by atoms with Crippen molar-refractivity contribution in [3.05, 3.63) is 35.9 Å². The highest BCUT2D eigenvalue weighted by Crippen LogP contribution is 2.54. The van der Waals surface area contributed by atoms with Crippen LogP contribution in [0.15, 0.2) is 30.3 Å². The number of fused-ring (bicyclic) bond motifs is 1. The zero-order valence-electron chi connectivity index (χ0n) is 15.5. The summed E-state index contributed by atoms with van der Waals surface area (Å²) in [7, 11) is 0. The van der Waals surface area contributed by atoms with E-state index in [1.165, 1.54) is 12.1 Å². The van der Waals surface area contributed by atoms with Crippen molar-refractivity contribution in [3.8, 4) is 0 Å². The number of nitrogens with zero attached hydrogens (tertiary/aromatic N) is 1. The topological polar surface area (TPSA) is 153 Å². The maximum atomic E-state index is 12.9. The van der Waals surface area contributed by atoms with E-state index in [1.54, 1.807) is 32.0 Å². The van der Waals surface area contributed by atoms with E-state index >= 15 is 0 Å². The summed E-state index contributed by atoms with van der Waals surface area (Å²) in [5, 5.41) is 22.8. The predicted molar refractivity (Wildman–Crippen MR) is 101 cm³/mol. The Bertz CT molecular complexity index is 891. The van der Waals surface area contributed by atoms with Crippen molar-refractivity contribution < 1.29 is 34.2 Å². The first-order chi connectivity index (χ1) is 13.6. The van der Waals surface area contributed by atoms with Crippen LogP contribution in [0, 0.1) is 0 Å². The molecule has 11 heteroatoms. The van der Waals surface area contributed by atoms with Crippen LogP contribution >= 0.6 is 11.8 Å². The molecule has 2 saturated heterocycles. The van der Waals surface area contributed by atoms with Crippen molar-refractivity contribution in [1.29, 1.82) is 0 Å². The Balaban J connectivity index is 1.94. The van der Waals surface area contributed by atoms with Gasteiger partial charge in [0.25, 0.3) is 5.91 Å². The molecule has 1 aromatic rings. The van der Waals surface area contributed by atoms with Crippen LogP contribution in [0.5, 0.6) is 0 Å². The van der Waals surface area contributed by atoms with Gasteiger partial charge >= 0.3 is 11.9 Å². The van der Waals surface area contributed by atoms with Gasteiger partial charge in [-0.25, -0.2) is 4.79 Å². The van der Waals surface area contributed by atoms with E-state index < -0.39 is 51.5 Å². The van der Waals surface area contributed by atoms with Crippen molar-refractivity contribution in [2.24, 2.45) is 0 Å². The normalized spacial score (nSPS) is 27.9. The lowest BCUT2D eigenvalue weighted by Gasteiger charge is -2.52. The molecular formula is C18H19N3O7S. The largest absolute Gasteiger partial charge is 0.480 e. The van der Waals surface area contributed by atoms with Gasteiger partial charge < -0.3 is 25.7 Å². The van der Waals surface area contributed by atoms with Crippen LogP contribution in [0.25, 0.3) is 0 Å². The Labute approximate surface area is 169 Å². The molecule has 3 amide bonds. The van der Waals surface area contributed by atoms with E-state index in [1.807, 2.05) is 0 Å². The number of carbonyl (C=O) groups excluding carboxylic acids is 3. The van der Waals surface area contributed by atoms with Gasteiger partial charge in [0.15, 0.2) is 5.92 Å². The lowest BCUT2D eigenvalue weighted by Crippen LogP contribution is -2.85. The lowest BCUT2D eigenvalue weighted by molar-refractivity contribution is -0.172. The van der Waals surface area contributed by atoms with Crippen molar-refractivity contribution in [2.75, 3.05) is 0 Å². The summed E-state index contributed by atoms with van der Waals surface area (Å²) in [6, 6.07) is 6.56. The molecule has 0 saturated carbocycles. The third-order valence-electron chi connectivity index (χ3n) is 5.03. The van der Waals surface area contributed by atoms with Gasteiger partial charge in [-0.2, -0.15) is 0 Å². The first-order valence-electron chi connectivity index (χ1n) is 8.61. The highest BCUT2D eigenvalue weighted by molar-refractivity contribution is 8.01. The summed E-state index contributed by atoms with van der Waals surface area (Å²) >= 11 is 1.10. The zero-order valence-corrected chi connectivity index (χ0v) is 16.3. The minimum atomic E-state index is -1.92. The molecule has 2 aliphatic heterocycles. The summed E-state index contributed by atoms with van der Waals surface area (Å²) in [5.74, 6) is -6.06. The Morgan fingerprint density at radius 1 is 1.21 bits per heavy atom. The van der Waals surface area contributed by atoms with Crippen LogP contribution in [0.2, 0.25) is 0 Å². The minimum Gasteiger partial charge on any atom is -0.480 e. The third-order valence-corrected chi connectivity index (χ3v) is 6.66. The molecule has 1 aromatic carbocycles. The van der Waals surface area contributed by atoms with Gasteiger partial charge in [-0.05, 0) is 19.4 Å². The van der Waals surface area contributed by atoms with Gasteiger partial charge in [-0.15, -0.1) is 11.8 Å². The molecule has 10 nitrogen and oxygen atoms in total. The van der Waals surface area contributed by atoms with Gasteiger partial charge in [0, 0.05) is 4.75 Å². The van der Waals surface area contributed by atoms with Crippen LogP contribution < -0.4 is 10.6 Å². The molecule has 0 bridgehead atoms. The van der Waals surface area contributed by atoms with E-state index in [2.05, 4.69) is 10.6 Å². The Hall–Kier alpha value is -3.08. The number of aliphatic carboxylic acids is 2. The van der Waals surface area contributed by atoms with Crippen LogP contribution in [0.3, 0.4) is 0 Å². The molecule has 2 fully saturated rings. The molecule has 2 aliphatic rings. The second kappa shape index (κ2) is 7.07. The van der Waals surface area contributed by atoms with Gasteiger partial charge in [-0.3, -0.25) is 19.2 Å². The first kappa shape index (κ1) is 20.6. The molecule has 0 radical (unpaired) electrons.